The Balaban J connectivity index is 1.99. The second-order valence-corrected chi connectivity index (χ2v) is 6.56. The fourth-order valence-corrected chi connectivity index (χ4v) is 3.20. The van der Waals surface area contributed by atoms with E-state index in [4.69, 9.17) is 0 Å². The summed E-state index contributed by atoms with van der Waals surface area (Å²) in [5.74, 6) is 0.936. The highest BCUT2D eigenvalue weighted by Gasteiger charge is 2.16. The van der Waals surface area contributed by atoms with E-state index in [9.17, 15) is 0 Å². The summed E-state index contributed by atoms with van der Waals surface area (Å²) >= 11 is 5.09. The zero-order valence-corrected chi connectivity index (χ0v) is 14.2. The molecule has 2 aromatic rings. The Morgan fingerprint density at radius 2 is 2.10 bits per heavy atom. The van der Waals surface area contributed by atoms with Crippen molar-refractivity contribution in [2.45, 2.75) is 18.0 Å². The van der Waals surface area contributed by atoms with Crippen molar-refractivity contribution in [2.75, 3.05) is 24.7 Å². The minimum Gasteiger partial charge on any atom is -0.340 e. The highest BCUT2D eigenvalue weighted by molar-refractivity contribution is 9.10. The molecule has 0 radical (unpaired) electrons. The summed E-state index contributed by atoms with van der Waals surface area (Å²) in [7, 11) is 0. The lowest BCUT2D eigenvalue weighted by Crippen LogP contribution is -2.16. The van der Waals surface area contributed by atoms with Gasteiger partial charge in [-0.25, -0.2) is 9.97 Å². The van der Waals surface area contributed by atoms with Crippen molar-refractivity contribution in [1.82, 2.24) is 15.3 Å². The molecule has 1 aliphatic rings. The van der Waals surface area contributed by atoms with Gasteiger partial charge in [0.25, 0.3) is 0 Å². The average Bonchev–Trinajstić information content (AvgIpc) is 2.72. The molecule has 0 spiro atoms. The molecule has 6 heteroatoms. The standard InChI is InChI=1S/C15H17BrN4S/c1-21-15-19-13-6-8-17-7-5-12(13)14(20-15)18-11-4-2-3-10(16)9-11/h2-4,9,17H,5-8H2,1H3,(H,18,19,20). The molecular weight excluding hydrogens is 348 g/mol. The zero-order chi connectivity index (χ0) is 14.7. The first-order valence-electron chi connectivity index (χ1n) is 6.93. The van der Waals surface area contributed by atoms with E-state index in [1.54, 1.807) is 11.8 Å². The largest absolute Gasteiger partial charge is 0.340 e. The van der Waals surface area contributed by atoms with Gasteiger partial charge in [-0.15, -0.1) is 0 Å². The number of fused-ring (bicyclic) bond motifs is 1. The first-order chi connectivity index (χ1) is 10.3. The molecule has 0 unspecified atom stereocenters. The lowest BCUT2D eigenvalue weighted by molar-refractivity contribution is 0.707. The van der Waals surface area contributed by atoms with Gasteiger partial charge in [-0.2, -0.15) is 0 Å². The van der Waals surface area contributed by atoms with Crippen LogP contribution < -0.4 is 10.6 Å². The first kappa shape index (κ1) is 14.8. The third-order valence-corrected chi connectivity index (χ3v) is 4.47. The van der Waals surface area contributed by atoms with Crippen molar-refractivity contribution >= 4 is 39.2 Å². The summed E-state index contributed by atoms with van der Waals surface area (Å²) in [6, 6.07) is 8.14. The van der Waals surface area contributed by atoms with E-state index in [1.165, 1.54) is 5.56 Å². The summed E-state index contributed by atoms with van der Waals surface area (Å²) < 4.78 is 1.06. The van der Waals surface area contributed by atoms with Crippen LogP contribution >= 0.6 is 27.7 Å². The Kier molecular flexibility index (Phi) is 4.77. The van der Waals surface area contributed by atoms with E-state index in [1.807, 2.05) is 24.5 Å². The van der Waals surface area contributed by atoms with Gasteiger partial charge in [0.05, 0.1) is 5.69 Å². The smallest absolute Gasteiger partial charge is 0.189 e. The Bertz CT molecular complexity index is 648. The Labute approximate surface area is 137 Å². The molecule has 0 bridgehead atoms. The van der Waals surface area contributed by atoms with Gasteiger partial charge in [0, 0.05) is 28.7 Å². The van der Waals surface area contributed by atoms with Gasteiger partial charge in [0.1, 0.15) is 5.82 Å². The van der Waals surface area contributed by atoms with Crippen LogP contribution in [0.5, 0.6) is 0 Å². The number of hydrogen-bond acceptors (Lipinski definition) is 5. The van der Waals surface area contributed by atoms with E-state index in [-0.39, 0.29) is 0 Å². The van der Waals surface area contributed by atoms with Gasteiger partial charge >= 0.3 is 0 Å². The number of hydrogen-bond donors (Lipinski definition) is 2. The van der Waals surface area contributed by atoms with Crippen LogP contribution in [0, 0.1) is 0 Å². The van der Waals surface area contributed by atoms with Crippen molar-refractivity contribution in [1.29, 1.82) is 0 Å². The first-order valence-corrected chi connectivity index (χ1v) is 8.95. The lowest BCUT2D eigenvalue weighted by atomic mass is 10.1. The Morgan fingerprint density at radius 1 is 1.24 bits per heavy atom. The minimum absolute atomic E-state index is 0.827. The van der Waals surface area contributed by atoms with Crippen LogP contribution in [0.1, 0.15) is 11.3 Å². The third kappa shape index (κ3) is 3.56. The van der Waals surface area contributed by atoms with Crippen molar-refractivity contribution < 1.29 is 0 Å². The van der Waals surface area contributed by atoms with Gasteiger partial charge in [0.2, 0.25) is 0 Å². The summed E-state index contributed by atoms with van der Waals surface area (Å²) in [5.41, 5.74) is 3.43. The van der Waals surface area contributed by atoms with E-state index >= 15 is 0 Å². The number of halogens is 1. The normalized spacial score (nSPS) is 14.4. The Morgan fingerprint density at radius 3 is 2.90 bits per heavy atom. The van der Waals surface area contributed by atoms with E-state index in [0.29, 0.717) is 0 Å². The molecule has 1 aliphatic heterocycles. The molecule has 0 aliphatic carbocycles. The van der Waals surface area contributed by atoms with Crippen LogP contribution in [0.25, 0.3) is 0 Å². The maximum absolute atomic E-state index is 4.67. The molecule has 0 saturated heterocycles. The van der Waals surface area contributed by atoms with Crippen LogP contribution in [0.3, 0.4) is 0 Å². The Hall–Kier alpha value is -1.11. The molecule has 3 rings (SSSR count). The summed E-state index contributed by atoms with van der Waals surface area (Å²) in [5, 5.41) is 7.70. The number of benzene rings is 1. The van der Waals surface area contributed by atoms with Gasteiger partial charge in [0.15, 0.2) is 5.16 Å². The SMILES string of the molecule is CSc1nc2c(c(Nc3cccc(Br)c3)n1)CCNCC2. The molecular formula is C15H17BrN4S. The predicted octanol–water partition coefficient (Wildman–Crippen LogP) is 3.39. The molecule has 1 aromatic heterocycles. The summed E-state index contributed by atoms with van der Waals surface area (Å²) in [6.07, 6.45) is 3.93. The highest BCUT2D eigenvalue weighted by atomic mass is 79.9. The molecule has 2 N–H and O–H groups in total. The molecule has 0 saturated carbocycles. The number of nitrogens with one attached hydrogen (secondary N) is 2. The van der Waals surface area contributed by atoms with Crippen molar-refractivity contribution in [2.24, 2.45) is 0 Å². The lowest BCUT2D eigenvalue weighted by Gasteiger charge is -2.14. The number of thioether (sulfide) groups is 1. The van der Waals surface area contributed by atoms with Crippen LogP contribution in [-0.2, 0) is 12.8 Å². The fraction of sp³-hybridized carbons (Fsp3) is 0.333. The van der Waals surface area contributed by atoms with Crippen LogP contribution in [0.4, 0.5) is 11.5 Å². The monoisotopic (exact) mass is 364 g/mol. The summed E-state index contributed by atoms with van der Waals surface area (Å²) in [6.45, 7) is 1.95. The molecule has 110 valence electrons. The molecule has 21 heavy (non-hydrogen) atoms. The van der Waals surface area contributed by atoms with E-state index in [2.05, 4.69) is 42.6 Å². The molecule has 2 heterocycles. The van der Waals surface area contributed by atoms with E-state index in [0.717, 1.165) is 52.8 Å². The second-order valence-electron chi connectivity index (χ2n) is 4.87. The average molecular weight is 365 g/mol. The minimum atomic E-state index is 0.827. The van der Waals surface area contributed by atoms with Crippen LogP contribution in [0.15, 0.2) is 33.9 Å². The number of aromatic nitrogens is 2. The van der Waals surface area contributed by atoms with Gasteiger partial charge in [-0.1, -0.05) is 33.8 Å². The van der Waals surface area contributed by atoms with Gasteiger partial charge in [-0.3, -0.25) is 0 Å². The van der Waals surface area contributed by atoms with E-state index < -0.39 is 0 Å². The molecule has 4 nitrogen and oxygen atoms in total. The maximum atomic E-state index is 4.67. The third-order valence-electron chi connectivity index (χ3n) is 3.43. The number of rotatable bonds is 3. The highest BCUT2D eigenvalue weighted by Crippen LogP contribution is 2.26. The number of anilines is 2. The van der Waals surface area contributed by atoms with Crippen molar-refractivity contribution in [3.05, 3.63) is 40.0 Å². The van der Waals surface area contributed by atoms with Gasteiger partial charge < -0.3 is 10.6 Å². The maximum Gasteiger partial charge on any atom is 0.189 e. The molecule has 1 aromatic carbocycles. The molecule has 0 amide bonds. The quantitative estimate of drug-likeness (QED) is 0.645. The molecule has 0 atom stereocenters. The van der Waals surface area contributed by atoms with Crippen LogP contribution in [0.2, 0.25) is 0 Å². The van der Waals surface area contributed by atoms with Crippen LogP contribution in [-0.4, -0.2) is 29.3 Å². The van der Waals surface area contributed by atoms with Gasteiger partial charge in [-0.05, 0) is 37.4 Å². The number of nitrogens with zero attached hydrogens (tertiary/aromatic N) is 2. The zero-order valence-electron chi connectivity index (χ0n) is 11.8. The van der Waals surface area contributed by atoms with Crippen molar-refractivity contribution in [3.63, 3.8) is 0 Å². The van der Waals surface area contributed by atoms with Crippen molar-refractivity contribution in [3.8, 4) is 0 Å². The predicted molar refractivity (Wildman–Crippen MR) is 91.5 cm³/mol. The summed E-state index contributed by atoms with van der Waals surface area (Å²) in [4.78, 5) is 9.34. The fourth-order valence-electron chi connectivity index (χ4n) is 2.42. The molecule has 0 fully saturated rings. The second kappa shape index (κ2) is 6.77. The topological polar surface area (TPSA) is 49.8 Å².